The number of benzene rings is 1. The van der Waals surface area contributed by atoms with Gasteiger partial charge in [-0.2, -0.15) is 0 Å². The summed E-state index contributed by atoms with van der Waals surface area (Å²) in [6.45, 7) is 8.53. The van der Waals surface area contributed by atoms with E-state index in [4.69, 9.17) is 15.5 Å². The number of nitrogen functional groups attached to an aromatic ring is 1. The van der Waals surface area contributed by atoms with E-state index >= 15 is 0 Å². The predicted molar refractivity (Wildman–Crippen MR) is 127 cm³/mol. The van der Waals surface area contributed by atoms with Crippen molar-refractivity contribution in [2.45, 2.75) is 51.6 Å². The van der Waals surface area contributed by atoms with Crippen molar-refractivity contribution in [3.8, 4) is 11.4 Å². The van der Waals surface area contributed by atoms with Crippen molar-refractivity contribution in [1.29, 1.82) is 0 Å². The molecule has 0 amide bonds. The van der Waals surface area contributed by atoms with Gasteiger partial charge < -0.3 is 20.1 Å². The molecular formula is C24H27N3O4Si. The fourth-order valence-corrected chi connectivity index (χ4v) is 6.52. The number of aliphatic hydroxyl groups is 1. The molecule has 0 radical (unpaired) electrons. The molecule has 1 aromatic carbocycles. The molecule has 5 rings (SSSR count). The minimum absolute atomic E-state index is 0.0759. The van der Waals surface area contributed by atoms with E-state index in [2.05, 4.69) is 25.7 Å². The highest BCUT2D eigenvalue weighted by Gasteiger charge is 2.46. The Kier molecular flexibility index (Phi) is 4.42. The van der Waals surface area contributed by atoms with Crippen LogP contribution in [0.25, 0.3) is 22.3 Å². The van der Waals surface area contributed by atoms with Crippen molar-refractivity contribution in [2.75, 3.05) is 12.3 Å². The number of anilines is 1. The molecule has 8 heteroatoms. The van der Waals surface area contributed by atoms with Gasteiger partial charge in [-0.25, -0.2) is 4.98 Å². The monoisotopic (exact) mass is 449 g/mol. The van der Waals surface area contributed by atoms with Crippen molar-refractivity contribution in [3.05, 3.63) is 51.3 Å². The molecule has 2 aliphatic heterocycles. The largest absolute Gasteiger partial charge is 0.460 e. The molecule has 1 atom stereocenters. The van der Waals surface area contributed by atoms with E-state index in [9.17, 15) is 14.7 Å². The molecule has 32 heavy (non-hydrogen) atoms. The van der Waals surface area contributed by atoms with Gasteiger partial charge in [0.15, 0.2) is 0 Å². The number of ether oxygens (including phenoxy) is 1. The Morgan fingerprint density at radius 3 is 2.66 bits per heavy atom. The average Bonchev–Trinajstić information content (AvgIpc) is 3.11. The first-order valence-electron chi connectivity index (χ1n) is 10.9. The molecule has 166 valence electrons. The number of aliphatic hydroxyl groups excluding tert-OH is 1. The van der Waals surface area contributed by atoms with E-state index in [0.29, 0.717) is 35.5 Å². The number of aromatic nitrogens is 2. The Hall–Kier alpha value is -2.97. The number of fused-ring (bicyclic) bond motifs is 5. The van der Waals surface area contributed by atoms with Crippen LogP contribution in [0.5, 0.6) is 0 Å². The number of hydrogen-bond donors (Lipinski definition) is 2. The highest BCUT2D eigenvalue weighted by atomic mass is 28.3. The summed E-state index contributed by atoms with van der Waals surface area (Å²) in [5, 5.41) is 12.3. The number of cyclic esters (lactones) is 1. The molecule has 0 fully saturated rings. The predicted octanol–water partition coefficient (Wildman–Crippen LogP) is 2.25. The second-order valence-corrected chi connectivity index (χ2v) is 14.9. The molecule has 7 nitrogen and oxygen atoms in total. The zero-order valence-corrected chi connectivity index (χ0v) is 19.8. The summed E-state index contributed by atoms with van der Waals surface area (Å²) >= 11 is 0. The maximum Gasteiger partial charge on any atom is 0.319 e. The first-order chi connectivity index (χ1) is 15.1. The van der Waals surface area contributed by atoms with Gasteiger partial charge >= 0.3 is 5.97 Å². The summed E-state index contributed by atoms with van der Waals surface area (Å²) in [7, 11) is -1.70. The number of hydrogen-bond acceptors (Lipinski definition) is 6. The van der Waals surface area contributed by atoms with E-state index in [1.807, 2.05) is 25.1 Å². The number of nitrogens with two attached hydrogens (primary N) is 1. The molecule has 3 aromatic rings. The van der Waals surface area contributed by atoms with Gasteiger partial charge in [0, 0.05) is 16.6 Å². The third-order valence-corrected chi connectivity index (χ3v) is 9.02. The van der Waals surface area contributed by atoms with E-state index in [0.717, 1.165) is 22.2 Å². The van der Waals surface area contributed by atoms with Crippen molar-refractivity contribution in [2.24, 2.45) is 0 Å². The lowest BCUT2D eigenvalue weighted by Crippen LogP contribution is -2.47. The molecular weight excluding hydrogens is 422 g/mol. The van der Waals surface area contributed by atoms with Crippen LogP contribution in [0.15, 0.2) is 29.1 Å². The smallest absolute Gasteiger partial charge is 0.319 e. The second-order valence-electron chi connectivity index (χ2n) is 9.83. The molecule has 3 N–H and O–H groups in total. The Morgan fingerprint density at radius 2 is 2.00 bits per heavy atom. The fourth-order valence-electron chi connectivity index (χ4n) is 5.03. The van der Waals surface area contributed by atoms with Crippen LogP contribution in [0.3, 0.4) is 0 Å². The first kappa shape index (κ1) is 20.9. The number of carbonyl (C=O) groups excluding carboxylic acids is 1. The van der Waals surface area contributed by atoms with Crippen LogP contribution in [0.4, 0.5) is 5.69 Å². The molecule has 0 saturated heterocycles. The van der Waals surface area contributed by atoms with Gasteiger partial charge in [-0.3, -0.25) is 9.59 Å². The first-order valence-corrected chi connectivity index (χ1v) is 14.4. The zero-order chi connectivity index (χ0) is 23.0. The normalized spacial score (nSPS) is 19.5. The fraction of sp³-hybridized carbons (Fsp3) is 0.375. The van der Waals surface area contributed by atoms with E-state index < -0.39 is 26.1 Å². The Balaban J connectivity index is 1.83. The summed E-state index contributed by atoms with van der Waals surface area (Å²) in [6, 6.07) is 7.92. The van der Waals surface area contributed by atoms with E-state index in [1.54, 1.807) is 4.57 Å². The maximum absolute atomic E-state index is 13.4. The summed E-state index contributed by atoms with van der Waals surface area (Å²) < 4.78 is 7.00. The lowest BCUT2D eigenvalue weighted by atomic mass is 9.75. The van der Waals surface area contributed by atoms with Crippen molar-refractivity contribution >= 4 is 35.8 Å². The Labute approximate surface area is 186 Å². The molecule has 0 saturated carbocycles. The van der Waals surface area contributed by atoms with Crippen LogP contribution in [0.2, 0.25) is 19.6 Å². The number of nitrogens with zero attached hydrogens (tertiary/aromatic N) is 2. The van der Waals surface area contributed by atoms with Crippen LogP contribution in [0, 0.1) is 0 Å². The highest BCUT2D eigenvalue weighted by Crippen LogP contribution is 2.40. The van der Waals surface area contributed by atoms with Gasteiger partial charge in [-0.15, -0.1) is 0 Å². The van der Waals surface area contributed by atoms with Gasteiger partial charge in [0.1, 0.15) is 12.0 Å². The molecule has 1 unspecified atom stereocenters. The van der Waals surface area contributed by atoms with Crippen LogP contribution < -0.4 is 16.5 Å². The topological polar surface area (TPSA) is 107 Å². The molecule has 0 bridgehead atoms. The lowest BCUT2D eigenvalue weighted by molar-refractivity contribution is -0.156. The van der Waals surface area contributed by atoms with Crippen LogP contribution in [0.1, 0.15) is 30.0 Å². The van der Waals surface area contributed by atoms with Gasteiger partial charge in [-0.05, 0) is 35.4 Å². The quantitative estimate of drug-likeness (QED) is 0.282. The van der Waals surface area contributed by atoms with Crippen LogP contribution >= 0.6 is 0 Å². The van der Waals surface area contributed by atoms with Gasteiger partial charge in [0.05, 0.1) is 43.7 Å². The van der Waals surface area contributed by atoms with E-state index in [1.165, 1.54) is 5.19 Å². The summed E-state index contributed by atoms with van der Waals surface area (Å²) in [4.78, 5) is 31.1. The van der Waals surface area contributed by atoms with Crippen LogP contribution in [-0.2, 0) is 28.1 Å². The number of rotatable bonds is 3. The number of carbonyl (C=O) groups is 1. The third-order valence-electron chi connectivity index (χ3n) is 7.00. The Bertz CT molecular complexity index is 1370. The number of esters is 1. The van der Waals surface area contributed by atoms with Crippen molar-refractivity contribution < 1.29 is 14.6 Å². The van der Waals surface area contributed by atoms with Gasteiger partial charge in [0.25, 0.3) is 5.56 Å². The molecule has 0 aliphatic carbocycles. The summed E-state index contributed by atoms with van der Waals surface area (Å²) in [5.41, 5.74) is 9.77. The second kappa shape index (κ2) is 6.76. The third kappa shape index (κ3) is 2.66. The Morgan fingerprint density at radius 1 is 1.25 bits per heavy atom. The minimum atomic E-state index is -1.70. The molecule has 2 aliphatic rings. The standard InChI is InChI=1S/C24H27N3O4Si/c1-5-24(12-28)16-9-18-20-13(10-27(18)22(29)15(16)11-31-23(24)30)8-14-17(25)6-7-19(21(14)26-20)32(2,3)4/h6-9,28H,5,10-12,25H2,1-4H3. The van der Waals surface area contributed by atoms with Gasteiger partial charge in [-0.1, -0.05) is 32.6 Å². The SMILES string of the molecule is CCC1(CO)C(=O)OCc2c1cc1n(c2=O)Cc2cc3c(N)ccc([Si](C)(C)C)c3nc2-1. The maximum atomic E-state index is 13.4. The minimum Gasteiger partial charge on any atom is -0.460 e. The average molecular weight is 450 g/mol. The van der Waals surface area contributed by atoms with Crippen molar-refractivity contribution in [1.82, 2.24) is 9.55 Å². The van der Waals surface area contributed by atoms with E-state index in [-0.39, 0.29) is 12.2 Å². The summed E-state index contributed by atoms with van der Waals surface area (Å²) in [5.74, 6) is -0.488. The highest BCUT2D eigenvalue weighted by molar-refractivity contribution is 6.90. The van der Waals surface area contributed by atoms with Crippen molar-refractivity contribution in [3.63, 3.8) is 0 Å². The summed E-state index contributed by atoms with van der Waals surface area (Å²) in [6.07, 6.45) is 0.340. The zero-order valence-electron chi connectivity index (χ0n) is 18.8. The molecule has 0 spiro atoms. The number of pyridine rings is 2. The lowest BCUT2D eigenvalue weighted by Gasteiger charge is -2.34. The van der Waals surface area contributed by atoms with Crippen LogP contribution in [-0.4, -0.2) is 35.3 Å². The molecule has 2 aromatic heterocycles. The molecule has 4 heterocycles. The van der Waals surface area contributed by atoms with Gasteiger partial charge in [0.2, 0.25) is 0 Å².